The lowest BCUT2D eigenvalue weighted by molar-refractivity contribution is 0.358. The zero-order valence-corrected chi connectivity index (χ0v) is 11.7. The summed E-state index contributed by atoms with van der Waals surface area (Å²) < 4.78 is 12.9. The third-order valence-corrected chi connectivity index (χ3v) is 3.09. The molecule has 3 aromatic rings. The Morgan fingerprint density at radius 1 is 1.38 bits per heavy atom. The molecule has 3 rings (SSSR count). The third kappa shape index (κ3) is 2.58. The molecule has 5 nitrogen and oxygen atoms in total. The van der Waals surface area contributed by atoms with E-state index in [2.05, 4.69) is 16.5 Å². The van der Waals surface area contributed by atoms with Gasteiger partial charge in [-0.05, 0) is 12.1 Å². The minimum absolute atomic E-state index is 0.426. The van der Waals surface area contributed by atoms with Crippen LogP contribution in [0.2, 0.25) is 0 Å². The molecule has 0 unspecified atom stereocenters. The van der Waals surface area contributed by atoms with Crippen LogP contribution in [0.1, 0.15) is 0 Å². The maximum Gasteiger partial charge on any atom is 0.155 e. The SMILES string of the molecule is C=CCOc1cc(OC)ccc1-c1cn2ccncc2n1. The highest BCUT2D eigenvalue weighted by molar-refractivity contribution is 5.70. The van der Waals surface area contributed by atoms with E-state index >= 15 is 0 Å². The van der Waals surface area contributed by atoms with Crippen LogP contribution in [0.4, 0.5) is 0 Å². The maximum absolute atomic E-state index is 5.72. The Morgan fingerprint density at radius 2 is 2.29 bits per heavy atom. The van der Waals surface area contributed by atoms with Gasteiger partial charge in [-0.3, -0.25) is 4.98 Å². The molecule has 2 heterocycles. The molecule has 1 aromatic carbocycles. The van der Waals surface area contributed by atoms with E-state index < -0.39 is 0 Å². The first-order chi connectivity index (χ1) is 10.3. The minimum atomic E-state index is 0.426. The fourth-order valence-electron chi connectivity index (χ4n) is 2.08. The molecule has 0 N–H and O–H groups in total. The molecule has 0 spiro atoms. The van der Waals surface area contributed by atoms with Crippen LogP contribution in [-0.2, 0) is 0 Å². The fraction of sp³-hybridized carbons (Fsp3) is 0.125. The Bertz CT molecular complexity index is 747. The smallest absolute Gasteiger partial charge is 0.155 e. The summed E-state index contributed by atoms with van der Waals surface area (Å²) in [6, 6.07) is 5.67. The van der Waals surface area contributed by atoms with Gasteiger partial charge in [-0.25, -0.2) is 4.98 Å². The van der Waals surface area contributed by atoms with E-state index in [9.17, 15) is 0 Å². The number of aromatic nitrogens is 3. The van der Waals surface area contributed by atoms with E-state index in [0.717, 1.165) is 22.7 Å². The number of ether oxygens (including phenoxy) is 2. The second-order valence-corrected chi connectivity index (χ2v) is 4.43. The van der Waals surface area contributed by atoms with E-state index in [1.165, 1.54) is 0 Å². The molecule has 0 saturated carbocycles. The van der Waals surface area contributed by atoms with Crippen molar-refractivity contribution in [3.63, 3.8) is 0 Å². The average molecular weight is 281 g/mol. The molecule has 0 amide bonds. The van der Waals surface area contributed by atoms with Gasteiger partial charge in [0.05, 0.1) is 19.0 Å². The Labute approximate surface area is 122 Å². The quantitative estimate of drug-likeness (QED) is 0.675. The summed E-state index contributed by atoms with van der Waals surface area (Å²) in [4.78, 5) is 8.63. The average Bonchev–Trinajstić information content (AvgIpc) is 2.96. The summed E-state index contributed by atoms with van der Waals surface area (Å²) in [5.41, 5.74) is 2.52. The van der Waals surface area contributed by atoms with Crippen molar-refractivity contribution >= 4 is 5.65 Å². The summed E-state index contributed by atoms with van der Waals surface area (Å²) in [5.74, 6) is 1.45. The van der Waals surface area contributed by atoms with Gasteiger partial charge >= 0.3 is 0 Å². The number of imidazole rings is 1. The van der Waals surface area contributed by atoms with Crippen LogP contribution in [0.25, 0.3) is 16.9 Å². The summed E-state index contributed by atoms with van der Waals surface area (Å²) in [5, 5.41) is 0. The molecule has 2 aromatic heterocycles. The third-order valence-electron chi connectivity index (χ3n) is 3.09. The highest BCUT2D eigenvalue weighted by atomic mass is 16.5. The van der Waals surface area contributed by atoms with Crippen LogP contribution in [-0.4, -0.2) is 28.1 Å². The second-order valence-electron chi connectivity index (χ2n) is 4.43. The summed E-state index contributed by atoms with van der Waals surface area (Å²) in [6.45, 7) is 4.10. The normalized spacial score (nSPS) is 10.5. The number of hydrogen-bond acceptors (Lipinski definition) is 4. The highest BCUT2D eigenvalue weighted by Gasteiger charge is 2.11. The van der Waals surface area contributed by atoms with Crippen LogP contribution in [0, 0.1) is 0 Å². The van der Waals surface area contributed by atoms with E-state index in [4.69, 9.17) is 9.47 Å². The minimum Gasteiger partial charge on any atom is -0.497 e. The van der Waals surface area contributed by atoms with Gasteiger partial charge in [0.1, 0.15) is 18.1 Å². The van der Waals surface area contributed by atoms with Gasteiger partial charge in [0.25, 0.3) is 0 Å². The second kappa shape index (κ2) is 5.66. The molecular weight excluding hydrogens is 266 g/mol. The molecule has 0 aliphatic heterocycles. The van der Waals surface area contributed by atoms with Crippen molar-refractivity contribution in [2.24, 2.45) is 0 Å². The van der Waals surface area contributed by atoms with E-state index in [-0.39, 0.29) is 0 Å². The lowest BCUT2D eigenvalue weighted by atomic mass is 10.1. The first-order valence-electron chi connectivity index (χ1n) is 6.52. The first kappa shape index (κ1) is 13.2. The van der Waals surface area contributed by atoms with Crippen LogP contribution in [0.15, 0.2) is 55.6 Å². The van der Waals surface area contributed by atoms with Crippen molar-refractivity contribution in [3.05, 3.63) is 55.6 Å². The number of methoxy groups -OCH3 is 1. The molecule has 5 heteroatoms. The van der Waals surface area contributed by atoms with Crippen LogP contribution < -0.4 is 9.47 Å². The Morgan fingerprint density at radius 3 is 3.05 bits per heavy atom. The number of hydrogen-bond donors (Lipinski definition) is 0. The maximum atomic E-state index is 5.72. The van der Waals surface area contributed by atoms with Gasteiger partial charge in [0, 0.05) is 30.2 Å². The molecule has 0 radical (unpaired) electrons. The molecule has 106 valence electrons. The molecule has 0 bridgehead atoms. The molecule has 21 heavy (non-hydrogen) atoms. The van der Waals surface area contributed by atoms with Crippen molar-refractivity contribution in [3.8, 4) is 22.8 Å². The van der Waals surface area contributed by atoms with Crippen molar-refractivity contribution < 1.29 is 9.47 Å². The van der Waals surface area contributed by atoms with E-state index in [1.54, 1.807) is 25.6 Å². The molecule has 0 aliphatic carbocycles. The summed E-state index contributed by atoms with van der Waals surface area (Å²) in [6.07, 6.45) is 8.95. The van der Waals surface area contributed by atoms with Gasteiger partial charge in [0.15, 0.2) is 5.65 Å². The van der Waals surface area contributed by atoms with Crippen LogP contribution in [0.3, 0.4) is 0 Å². The van der Waals surface area contributed by atoms with Crippen molar-refractivity contribution in [2.45, 2.75) is 0 Å². The van der Waals surface area contributed by atoms with Gasteiger partial charge in [-0.1, -0.05) is 12.7 Å². The first-order valence-corrected chi connectivity index (χ1v) is 6.52. The number of fused-ring (bicyclic) bond motifs is 1. The molecule has 0 fully saturated rings. The topological polar surface area (TPSA) is 48.7 Å². The Balaban J connectivity index is 2.08. The summed E-state index contributed by atoms with van der Waals surface area (Å²) in [7, 11) is 1.63. The van der Waals surface area contributed by atoms with Gasteiger partial charge in [-0.2, -0.15) is 0 Å². The highest BCUT2D eigenvalue weighted by Crippen LogP contribution is 2.33. The lowest BCUT2D eigenvalue weighted by Gasteiger charge is -2.10. The predicted octanol–water partition coefficient (Wildman–Crippen LogP) is 2.97. The molecular formula is C16H15N3O2. The lowest BCUT2D eigenvalue weighted by Crippen LogP contribution is -1.96. The van der Waals surface area contributed by atoms with E-state index in [1.807, 2.05) is 35.0 Å². The standard InChI is InChI=1S/C16H15N3O2/c1-3-8-21-15-9-12(20-2)4-5-13(15)14-11-19-7-6-17-10-16(19)18-14/h3-7,9-11H,1,8H2,2H3. The van der Waals surface area contributed by atoms with Gasteiger partial charge in [0.2, 0.25) is 0 Å². The van der Waals surface area contributed by atoms with Gasteiger partial charge < -0.3 is 13.9 Å². The van der Waals surface area contributed by atoms with Gasteiger partial charge in [-0.15, -0.1) is 0 Å². The van der Waals surface area contributed by atoms with Crippen molar-refractivity contribution in [1.82, 2.24) is 14.4 Å². The molecule has 0 atom stereocenters. The number of nitrogens with zero attached hydrogens (tertiary/aromatic N) is 3. The monoisotopic (exact) mass is 281 g/mol. The Kier molecular flexibility index (Phi) is 3.55. The Hall–Kier alpha value is -2.82. The summed E-state index contributed by atoms with van der Waals surface area (Å²) >= 11 is 0. The zero-order chi connectivity index (χ0) is 14.7. The number of benzene rings is 1. The molecule has 0 aliphatic rings. The van der Waals surface area contributed by atoms with Crippen LogP contribution >= 0.6 is 0 Å². The number of rotatable bonds is 5. The zero-order valence-electron chi connectivity index (χ0n) is 11.7. The fourth-order valence-corrected chi connectivity index (χ4v) is 2.08. The largest absolute Gasteiger partial charge is 0.497 e. The predicted molar refractivity (Wildman–Crippen MR) is 80.7 cm³/mol. The molecule has 0 saturated heterocycles. The van der Waals surface area contributed by atoms with E-state index in [0.29, 0.717) is 12.4 Å². The van der Waals surface area contributed by atoms with Crippen molar-refractivity contribution in [1.29, 1.82) is 0 Å². The van der Waals surface area contributed by atoms with Crippen LogP contribution in [0.5, 0.6) is 11.5 Å². The van der Waals surface area contributed by atoms with Crippen molar-refractivity contribution in [2.75, 3.05) is 13.7 Å².